The average molecular weight is 279 g/mol. The summed E-state index contributed by atoms with van der Waals surface area (Å²) >= 11 is 3.72. The van der Waals surface area contributed by atoms with Gasteiger partial charge in [0.15, 0.2) is 0 Å². The topological polar surface area (TPSA) is 13.1 Å². The summed E-state index contributed by atoms with van der Waals surface area (Å²) in [6.07, 6.45) is 1.81. The van der Waals surface area contributed by atoms with E-state index in [1.165, 1.54) is 22.3 Å². The molecule has 0 aliphatic rings. The lowest BCUT2D eigenvalue weighted by molar-refractivity contribution is 0.532. The Hall–Kier alpha value is -1.02. The van der Waals surface area contributed by atoms with Crippen LogP contribution in [0.1, 0.15) is 32.8 Å². The van der Waals surface area contributed by atoms with E-state index in [0.29, 0.717) is 0 Å². The van der Waals surface area contributed by atoms with E-state index in [4.69, 9.17) is 4.42 Å². The van der Waals surface area contributed by atoms with Crippen LogP contribution in [0.5, 0.6) is 0 Å². The third-order valence-electron chi connectivity index (χ3n) is 2.74. The van der Waals surface area contributed by atoms with Crippen LogP contribution in [0.3, 0.4) is 0 Å². The van der Waals surface area contributed by atoms with Gasteiger partial charge in [-0.3, -0.25) is 0 Å². The molecule has 0 aliphatic carbocycles. The fourth-order valence-corrected chi connectivity index (χ4v) is 2.64. The molecule has 1 unspecified atom stereocenters. The van der Waals surface area contributed by atoms with Crippen LogP contribution in [-0.2, 0) is 0 Å². The monoisotopic (exact) mass is 278 g/mol. The summed E-state index contributed by atoms with van der Waals surface area (Å²) < 4.78 is 5.34. The minimum Gasteiger partial charge on any atom is -0.469 e. The van der Waals surface area contributed by atoms with Gasteiger partial charge in [-0.1, -0.05) is 39.7 Å². The smallest absolute Gasteiger partial charge is 0.101 e. The Morgan fingerprint density at radius 2 is 1.88 bits per heavy atom. The number of furan rings is 1. The molecule has 0 saturated carbocycles. The number of halogens is 1. The van der Waals surface area contributed by atoms with Crippen LogP contribution in [0, 0.1) is 20.8 Å². The number of rotatable bonds is 2. The number of hydrogen-bond donors (Lipinski definition) is 0. The molecule has 1 aromatic heterocycles. The van der Waals surface area contributed by atoms with Crippen molar-refractivity contribution in [3.8, 4) is 0 Å². The van der Waals surface area contributed by atoms with Crippen molar-refractivity contribution in [2.45, 2.75) is 25.6 Å². The van der Waals surface area contributed by atoms with E-state index in [2.05, 4.69) is 54.0 Å². The summed E-state index contributed by atoms with van der Waals surface area (Å²) in [5.41, 5.74) is 5.07. The zero-order valence-electron chi connectivity index (χ0n) is 9.75. The quantitative estimate of drug-likeness (QED) is 0.727. The molecule has 0 aliphatic heterocycles. The first-order chi connectivity index (χ1) is 7.58. The molecule has 84 valence electrons. The zero-order valence-corrected chi connectivity index (χ0v) is 11.3. The predicted molar refractivity (Wildman–Crippen MR) is 70.1 cm³/mol. The number of benzene rings is 1. The molecule has 1 aromatic carbocycles. The van der Waals surface area contributed by atoms with Gasteiger partial charge >= 0.3 is 0 Å². The first kappa shape index (κ1) is 11.5. The molecule has 0 bridgehead atoms. The summed E-state index contributed by atoms with van der Waals surface area (Å²) in [6.45, 7) is 6.22. The van der Waals surface area contributed by atoms with Gasteiger partial charge in [0.2, 0.25) is 0 Å². The molecule has 0 fully saturated rings. The van der Waals surface area contributed by atoms with Gasteiger partial charge in [0.05, 0.1) is 11.1 Å². The first-order valence-corrected chi connectivity index (χ1v) is 6.26. The molecule has 16 heavy (non-hydrogen) atoms. The van der Waals surface area contributed by atoms with Crippen molar-refractivity contribution in [1.29, 1.82) is 0 Å². The van der Waals surface area contributed by atoms with Crippen LogP contribution in [0.15, 0.2) is 34.9 Å². The molecular weight excluding hydrogens is 264 g/mol. The van der Waals surface area contributed by atoms with Gasteiger partial charge < -0.3 is 4.42 Å². The Labute approximate surface area is 105 Å². The third kappa shape index (κ3) is 2.22. The van der Waals surface area contributed by atoms with Gasteiger partial charge in [-0.15, -0.1) is 0 Å². The lowest BCUT2D eigenvalue weighted by Gasteiger charge is -2.11. The molecule has 1 nitrogen and oxygen atoms in total. The van der Waals surface area contributed by atoms with Crippen LogP contribution in [-0.4, -0.2) is 0 Å². The maximum absolute atomic E-state index is 5.34. The maximum Gasteiger partial charge on any atom is 0.101 e. The van der Waals surface area contributed by atoms with Crippen LogP contribution in [0.4, 0.5) is 0 Å². The lowest BCUT2D eigenvalue weighted by atomic mass is 10.0. The van der Waals surface area contributed by atoms with Gasteiger partial charge in [0.25, 0.3) is 0 Å². The van der Waals surface area contributed by atoms with Crippen LogP contribution in [0.2, 0.25) is 0 Å². The van der Waals surface area contributed by atoms with E-state index in [1.807, 2.05) is 13.2 Å². The maximum atomic E-state index is 5.34. The predicted octanol–water partition coefficient (Wildman–Crippen LogP) is 4.69. The van der Waals surface area contributed by atoms with Gasteiger partial charge in [-0.25, -0.2) is 0 Å². The molecule has 2 aromatic rings. The Morgan fingerprint density at radius 1 is 1.12 bits per heavy atom. The highest BCUT2D eigenvalue weighted by molar-refractivity contribution is 9.09. The van der Waals surface area contributed by atoms with Crippen molar-refractivity contribution >= 4 is 15.9 Å². The number of hydrogen-bond acceptors (Lipinski definition) is 1. The van der Waals surface area contributed by atoms with Gasteiger partial charge in [-0.05, 0) is 38.0 Å². The van der Waals surface area contributed by atoms with Crippen molar-refractivity contribution in [2.24, 2.45) is 0 Å². The van der Waals surface area contributed by atoms with Crippen molar-refractivity contribution in [3.05, 3.63) is 58.5 Å². The SMILES string of the molecule is Cc1ccc(C(Br)c2coc(C)c2)c(C)c1. The fourth-order valence-electron chi connectivity index (χ4n) is 1.89. The highest BCUT2D eigenvalue weighted by Crippen LogP contribution is 2.33. The number of alkyl halides is 1. The van der Waals surface area contributed by atoms with Gasteiger partial charge in [0, 0.05) is 5.56 Å². The highest BCUT2D eigenvalue weighted by Gasteiger charge is 2.14. The molecule has 1 heterocycles. The minimum absolute atomic E-state index is 0.213. The molecule has 0 N–H and O–H groups in total. The zero-order chi connectivity index (χ0) is 11.7. The van der Waals surface area contributed by atoms with E-state index in [9.17, 15) is 0 Å². The molecule has 2 rings (SSSR count). The molecule has 1 atom stereocenters. The largest absolute Gasteiger partial charge is 0.469 e. The molecule has 2 heteroatoms. The molecule has 0 radical (unpaired) electrons. The van der Waals surface area contributed by atoms with E-state index in [0.717, 1.165) is 5.76 Å². The summed E-state index contributed by atoms with van der Waals surface area (Å²) in [4.78, 5) is 0.213. The van der Waals surface area contributed by atoms with E-state index in [1.54, 1.807) is 0 Å². The minimum atomic E-state index is 0.213. The van der Waals surface area contributed by atoms with Gasteiger partial charge in [0.1, 0.15) is 5.76 Å². The average Bonchev–Trinajstić information content (AvgIpc) is 2.64. The second-order valence-electron chi connectivity index (χ2n) is 4.21. The lowest BCUT2D eigenvalue weighted by Crippen LogP contribution is -1.94. The summed E-state index contributed by atoms with van der Waals surface area (Å²) in [5.74, 6) is 0.948. The molecule has 0 saturated heterocycles. The fraction of sp³-hybridized carbons (Fsp3) is 0.286. The second-order valence-corrected chi connectivity index (χ2v) is 5.13. The molecular formula is C14H15BrO. The Bertz CT molecular complexity index is 499. The normalized spacial score (nSPS) is 12.8. The second kappa shape index (κ2) is 4.46. The van der Waals surface area contributed by atoms with Crippen molar-refractivity contribution in [1.82, 2.24) is 0 Å². The van der Waals surface area contributed by atoms with Gasteiger partial charge in [-0.2, -0.15) is 0 Å². The van der Waals surface area contributed by atoms with Crippen LogP contribution in [0.25, 0.3) is 0 Å². The van der Waals surface area contributed by atoms with E-state index in [-0.39, 0.29) is 4.83 Å². The summed E-state index contributed by atoms with van der Waals surface area (Å²) in [7, 11) is 0. The van der Waals surface area contributed by atoms with Crippen LogP contribution < -0.4 is 0 Å². The van der Waals surface area contributed by atoms with Crippen molar-refractivity contribution in [3.63, 3.8) is 0 Å². The molecule has 0 spiro atoms. The van der Waals surface area contributed by atoms with E-state index >= 15 is 0 Å². The number of aryl methyl sites for hydroxylation is 3. The highest BCUT2D eigenvalue weighted by atomic mass is 79.9. The van der Waals surface area contributed by atoms with Crippen molar-refractivity contribution < 1.29 is 4.42 Å². The third-order valence-corrected chi connectivity index (χ3v) is 3.76. The standard InChI is InChI=1S/C14H15BrO/c1-9-4-5-13(10(2)6-9)14(15)12-7-11(3)16-8-12/h4-8,14H,1-3H3. The summed E-state index contributed by atoms with van der Waals surface area (Å²) in [6, 6.07) is 8.59. The van der Waals surface area contributed by atoms with Crippen molar-refractivity contribution in [2.75, 3.05) is 0 Å². The first-order valence-electron chi connectivity index (χ1n) is 5.34. The Morgan fingerprint density at radius 3 is 2.44 bits per heavy atom. The Balaban J connectivity index is 2.37. The van der Waals surface area contributed by atoms with Crippen LogP contribution >= 0.6 is 15.9 Å². The molecule has 0 amide bonds. The summed E-state index contributed by atoms with van der Waals surface area (Å²) in [5, 5.41) is 0. The van der Waals surface area contributed by atoms with E-state index < -0.39 is 0 Å². The Kier molecular flexibility index (Phi) is 3.20.